The van der Waals surface area contributed by atoms with Crippen LogP contribution in [0.4, 0.5) is 11.4 Å². The monoisotopic (exact) mass is 408 g/mol. The van der Waals surface area contributed by atoms with E-state index in [9.17, 15) is 14.4 Å². The molecule has 0 heterocycles. The molecular formula is C19H18Cl2N2O4. The maximum Gasteiger partial charge on any atom is 0.311 e. The SMILES string of the molecule is CC(=O)Nc1ccc(CC(=O)O[C@H](C)C(=O)Nc2cc(Cl)ccc2Cl)cc1. The Balaban J connectivity index is 1.89. The molecule has 0 saturated carbocycles. The van der Waals surface area contributed by atoms with E-state index in [2.05, 4.69) is 10.6 Å². The van der Waals surface area contributed by atoms with E-state index in [1.165, 1.54) is 19.9 Å². The van der Waals surface area contributed by atoms with Gasteiger partial charge in [0.05, 0.1) is 17.1 Å². The number of hydrogen-bond acceptors (Lipinski definition) is 4. The van der Waals surface area contributed by atoms with Crippen molar-refractivity contribution in [3.63, 3.8) is 0 Å². The predicted octanol–water partition coefficient (Wildman–Crippen LogP) is 4.06. The number of hydrogen-bond donors (Lipinski definition) is 2. The highest BCUT2D eigenvalue weighted by Gasteiger charge is 2.19. The maximum absolute atomic E-state index is 12.2. The third kappa shape index (κ3) is 6.58. The Hall–Kier alpha value is -2.57. The normalized spacial score (nSPS) is 11.4. The van der Waals surface area contributed by atoms with Crippen LogP contribution in [0, 0.1) is 0 Å². The third-order valence-electron chi connectivity index (χ3n) is 3.49. The second-order valence-corrected chi connectivity index (χ2v) is 6.64. The maximum atomic E-state index is 12.2. The van der Waals surface area contributed by atoms with Crippen molar-refractivity contribution >= 4 is 52.4 Å². The molecule has 27 heavy (non-hydrogen) atoms. The molecule has 0 bridgehead atoms. The van der Waals surface area contributed by atoms with Crippen LogP contribution in [0.5, 0.6) is 0 Å². The van der Waals surface area contributed by atoms with Crippen molar-refractivity contribution in [1.82, 2.24) is 0 Å². The van der Waals surface area contributed by atoms with Crippen molar-refractivity contribution in [2.45, 2.75) is 26.4 Å². The first-order valence-corrected chi connectivity index (χ1v) is 8.82. The third-order valence-corrected chi connectivity index (χ3v) is 4.05. The van der Waals surface area contributed by atoms with Crippen molar-refractivity contribution in [2.75, 3.05) is 10.6 Å². The fourth-order valence-corrected chi connectivity index (χ4v) is 2.53. The summed E-state index contributed by atoms with van der Waals surface area (Å²) in [6.07, 6.45) is -1.01. The highest BCUT2D eigenvalue weighted by Crippen LogP contribution is 2.25. The first-order chi connectivity index (χ1) is 12.7. The summed E-state index contributed by atoms with van der Waals surface area (Å²) in [5.74, 6) is -1.25. The summed E-state index contributed by atoms with van der Waals surface area (Å²) in [5, 5.41) is 5.95. The molecule has 1 atom stereocenters. The topological polar surface area (TPSA) is 84.5 Å². The van der Waals surface area contributed by atoms with E-state index in [1.807, 2.05) is 0 Å². The summed E-state index contributed by atoms with van der Waals surface area (Å²) < 4.78 is 5.16. The number of halogens is 2. The molecule has 0 radical (unpaired) electrons. The number of ether oxygens (including phenoxy) is 1. The van der Waals surface area contributed by atoms with Crippen molar-refractivity contribution < 1.29 is 19.1 Å². The van der Waals surface area contributed by atoms with E-state index in [4.69, 9.17) is 27.9 Å². The van der Waals surface area contributed by atoms with Gasteiger partial charge in [-0.15, -0.1) is 0 Å². The molecule has 2 aromatic rings. The highest BCUT2D eigenvalue weighted by molar-refractivity contribution is 6.35. The molecular weight excluding hydrogens is 391 g/mol. The highest BCUT2D eigenvalue weighted by atomic mass is 35.5. The Kier molecular flexibility index (Phi) is 7.21. The van der Waals surface area contributed by atoms with Gasteiger partial charge in [-0.3, -0.25) is 14.4 Å². The molecule has 0 aromatic heterocycles. The lowest BCUT2D eigenvalue weighted by molar-refractivity contribution is -0.152. The van der Waals surface area contributed by atoms with Crippen molar-refractivity contribution in [2.24, 2.45) is 0 Å². The second-order valence-electron chi connectivity index (χ2n) is 5.80. The van der Waals surface area contributed by atoms with Crippen molar-refractivity contribution in [1.29, 1.82) is 0 Å². The molecule has 0 spiro atoms. The number of anilines is 2. The van der Waals surface area contributed by atoms with E-state index in [-0.39, 0.29) is 12.3 Å². The van der Waals surface area contributed by atoms with E-state index < -0.39 is 18.0 Å². The van der Waals surface area contributed by atoms with E-state index in [1.54, 1.807) is 36.4 Å². The molecule has 2 aromatic carbocycles. The molecule has 142 valence electrons. The van der Waals surface area contributed by atoms with Gasteiger partial charge in [0.25, 0.3) is 5.91 Å². The van der Waals surface area contributed by atoms with Gasteiger partial charge in [-0.2, -0.15) is 0 Å². The largest absolute Gasteiger partial charge is 0.452 e. The summed E-state index contributed by atoms with van der Waals surface area (Å²) in [4.78, 5) is 35.2. The lowest BCUT2D eigenvalue weighted by Gasteiger charge is -2.14. The van der Waals surface area contributed by atoms with Crippen LogP contribution in [0.2, 0.25) is 10.0 Å². The number of esters is 1. The van der Waals surface area contributed by atoms with Crippen LogP contribution in [-0.4, -0.2) is 23.9 Å². The minimum absolute atomic E-state index is 0.00407. The lowest BCUT2D eigenvalue weighted by Crippen LogP contribution is -2.30. The predicted molar refractivity (Wildman–Crippen MR) is 105 cm³/mol. The molecule has 0 aliphatic carbocycles. The first-order valence-electron chi connectivity index (χ1n) is 8.06. The van der Waals surface area contributed by atoms with E-state index >= 15 is 0 Å². The molecule has 8 heteroatoms. The first kappa shape index (κ1) is 20.7. The molecule has 0 unspecified atom stereocenters. The van der Waals surface area contributed by atoms with Crippen LogP contribution in [-0.2, 0) is 25.5 Å². The summed E-state index contributed by atoms with van der Waals surface area (Å²) in [7, 11) is 0. The van der Waals surface area contributed by atoms with Gasteiger partial charge < -0.3 is 15.4 Å². The van der Waals surface area contributed by atoms with Crippen LogP contribution in [0.15, 0.2) is 42.5 Å². The zero-order valence-corrected chi connectivity index (χ0v) is 16.2. The zero-order valence-electron chi connectivity index (χ0n) is 14.7. The number of carbonyl (C=O) groups is 3. The average Bonchev–Trinajstić information content (AvgIpc) is 2.59. The van der Waals surface area contributed by atoms with Gasteiger partial charge in [-0.1, -0.05) is 35.3 Å². The quantitative estimate of drug-likeness (QED) is 0.705. The number of rotatable bonds is 6. The Morgan fingerprint density at radius 2 is 1.70 bits per heavy atom. The van der Waals surface area contributed by atoms with Gasteiger partial charge in [-0.05, 0) is 42.8 Å². The van der Waals surface area contributed by atoms with Crippen LogP contribution in [0.3, 0.4) is 0 Å². The minimum Gasteiger partial charge on any atom is -0.452 e. The summed E-state index contributed by atoms with van der Waals surface area (Å²) in [6.45, 7) is 2.87. The van der Waals surface area contributed by atoms with Crippen molar-refractivity contribution in [3.8, 4) is 0 Å². The van der Waals surface area contributed by atoms with Gasteiger partial charge >= 0.3 is 5.97 Å². The Morgan fingerprint density at radius 1 is 1.04 bits per heavy atom. The Bertz CT molecular complexity index is 853. The smallest absolute Gasteiger partial charge is 0.311 e. The van der Waals surface area contributed by atoms with Crippen LogP contribution in [0.25, 0.3) is 0 Å². The summed E-state index contributed by atoms with van der Waals surface area (Å²) >= 11 is 11.9. The zero-order chi connectivity index (χ0) is 20.0. The number of amides is 2. The number of nitrogens with one attached hydrogen (secondary N) is 2. The van der Waals surface area contributed by atoms with Crippen LogP contribution >= 0.6 is 23.2 Å². The van der Waals surface area contributed by atoms with Crippen molar-refractivity contribution in [3.05, 3.63) is 58.1 Å². The van der Waals surface area contributed by atoms with Gasteiger partial charge in [0.1, 0.15) is 0 Å². The molecule has 2 amide bonds. The summed E-state index contributed by atoms with van der Waals surface area (Å²) in [5.41, 5.74) is 1.66. The number of carbonyl (C=O) groups excluding carboxylic acids is 3. The van der Waals surface area contributed by atoms with E-state index in [0.717, 1.165) is 0 Å². The Labute approximate surface area is 166 Å². The molecule has 2 rings (SSSR count). The molecule has 2 N–H and O–H groups in total. The fraction of sp³-hybridized carbons (Fsp3) is 0.211. The van der Waals surface area contributed by atoms with Crippen LogP contribution < -0.4 is 10.6 Å². The minimum atomic E-state index is -1.01. The molecule has 0 fully saturated rings. The molecule has 6 nitrogen and oxygen atoms in total. The lowest BCUT2D eigenvalue weighted by atomic mass is 10.1. The van der Waals surface area contributed by atoms with Gasteiger partial charge in [-0.25, -0.2) is 0 Å². The second kappa shape index (κ2) is 9.39. The van der Waals surface area contributed by atoms with E-state index in [0.29, 0.717) is 27.0 Å². The van der Waals surface area contributed by atoms with Gasteiger partial charge in [0, 0.05) is 17.6 Å². The van der Waals surface area contributed by atoms with Gasteiger partial charge in [0.2, 0.25) is 5.91 Å². The molecule has 0 aliphatic heterocycles. The summed E-state index contributed by atoms with van der Waals surface area (Å²) in [6, 6.07) is 11.4. The fourth-order valence-electron chi connectivity index (χ4n) is 2.20. The molecule has 0 saturated heterocycles. The Morgan fingerprint density at radius 3 is 2.33 bits per heavy atom. The van der Waals surface area contributed by atoms with Crippen LogP contribution in [0.1, 0.15) is 19.4 Å². The van der Waals surface area contributed by atoms with Gasteiger partial charge in [0.15, 0.2) is 6.10 Å². The molecule has 0 aliphatic rings. The number of benzene rings is 2. The standard InChI is InChI=1S/C19H18Cl2N2O4/c1-11(19(26)23-17-10-14(20)5-8-16(17)21)27-18(25)9-13-3-6-15(7-4-13)22-12(2)24/h3-8,10-11H,9H2,1-2H3,(H,22,24)(H,23,26)/t11-/m1/s1. The average molecular weight is 409 g/mol.